The van der Waals surface area contributed by atoms with Crippen molar-refractivity contribution in [1.29, 1.82) is 0 Å². The van der Waals surface area contributed by atoms with Crippen molar-refractivity contribution in [2.45, 2.75) is 4.90 Å². The fourth-order valence-corrected chi connectivity index (χ4v) is 2.38. The van der Waals surface area contributed by atoms with Crippen LogP contribution in [0, 0.1) is 12.1 Å². The minimum atomic E-state index is -3.59. The zero-order valence-electron chi connectivity index (χ0n) is 5.92. The summed E-state index contributed by atoms with van der Waals surface area (Å²) in [6, 6.07) is 3.77. The lowest BCUT2D eigenvalue weighted by atomic mass is 10.3. The van der Waals surface area contributed by atoms with Crippen LogP contribution in [-0.2, 0) is 9.84 Å². The molecule has 1 radical (unpaired) electrons. The summed E-state index contributed by atoms with van der Waals surface area (Å²) in [4.78, 5) is -0.137. The third-order valence-electron chi connectivity index (χ3n) is 1.25. The fraction of sp³-hybridized carbons (Fsp3) is 0. The molecule has 1 rings (SSSR count). The molecule has 0 aliphatic carbocycles. The van der Waals surface area contributed by atoms with Crippen LogP contribution in [0.5, 0.6) is 0 Å². The van der Waals surface area contributed by atoms with Gasteiger partial charge in [-0.2, -0.15) is 0 Å². The molecule has 0 aromatic heterocycles. The minimum absolute atomic E-state index is 0.0694. The van der Waals surface area contributed by atoms with Crippen molar-refractivity contribution >= 4 is 25.8 Å². The molecule has 0 heterocycles. The molecule has 0 spiro atoms. The second kappa shape index (κ2) is 3.14. The van der Waals surface area contributed by atoms with Gasteiger partial charge in [0, 0.05) is 0 Å². The summed E-state index contributed by atoms with van der Waals surface area (Å²) in [6.45, 7) is 0. The lowest BCUT2D eigenvalue weighted by Gasteiger charge is -2.00. The number of hydrogen-bond donors (Lipinski definition) is 0. The van der Waals surface area contributed by atoms with E-state index in [1.54, 1.807) is 0 Å². The maximum Gasteiger partial charge on any atom is 0.180 e. The van der Waals surface area contributed by atoms with Gasteiger partial charge in [0.05, 0.1) is 15.6 Å². The number of sulfone groups is 1. The molecule has 0 saturated heterocycles. The maximum atomic E-state index is 12.8. The fourth-order valence-electron chi connectivity index (χ4n) is 0.724. The lowest BCUT2D eigenvalue weighted by molar-refractivity contribution is 0.594. The first-order valence-corrected chi connectivity index (χ1v) is 5.39. The van der Waals surface area contributed by atoms with Crippen LogP contribution in [0.3, 0.4) is 0 Å². The largest absolute Gasteiger partial charge is 0.224 e. The van der Waals surface area contributed by atoms with Crippen molar-refractivity contribution in [3.63, 3.8) is 0 Å². The van der Waals surface area contributed by atoms with Gasteiger partial charge in [-0.05, 0) is 28.1 Å². The zero-order valence-corrected chi connectivity index (χ0v) is 8.32. The Labute approximate surface area is 78.5 Å². The van der Waals surface area contributed by atoms with E-state index < -0.39 is 15.7 Å². The Morgan fingerprint density at radius 3 is 2.42 bits per heavy atom. The highest BCUT2D eigenvalue weighted by molar-refractivity contribution is 9.10. The molecule has 2 nitrogen and oxygen atoms in total. The quantitative estimate of drug-likeness (QED) is 0.767. The Balaban J connectivity index is 3.47. The third-order valence-corrected chi connectivity index (χ3v) is 3.33. The topological polar surface area (TPSA) is 34.1 Å². The van der Waals surface area contributed by atoms with Crippen molar-refractivity contribution in [3.8, 4) is 0 Å². The van der Waals surface area contributed by atoms with Gasteiger partial charge >= 0.3 is 0 Å². The molecular weight excluding hydrogens is 247 g/mol. The van der Waals surface area contributed by atoms with Crippen LogP contribution < -0.4 is 0 Å². The zero-order chi connectivity index (χ0) is 9.35. The van der Waals surface area contributed by atoms with Crippen LogP contribution in [0.4, 0.5) is 4.39 Å². The highest BCUT2D eigenvalue weighted by atomic mass is 79.9. The van der Waals surface area contributed by atoms with Gasteiger partial charge < -0.3 is 0 Å². The van der Waals surface area contributed by atoms with Gasteiger partial charge in [-0.3, -0.25) is 0 Å². The SMILES string of the molecule is [CH2]S(=O)(=O)c1cccc(F)c1Br. The average molecular weight is 252 g/mol. The predicted octanol–water partition coefficient (Wildman–Crippen LogP) is 2.15. The molecule has 0 atom stereocenters. The van der Waals surface area contributed by atoms with Crippen molar-refractivity contribution in [1.82, 2.24) is 0 Å². The second-order valence-corrected chi connectivity index (χ2v) is 4.63. The minimum Gasteiger partial charge on any atom is -0.224 e. The highest BCUT2D eigenvalue weighted by Gasteiger charge is 2.13. The number of benzene rings is 1. The molecule has 0 aliphatic rings. The van der Waals surface area contributed by atoms with Gasteiger partial charge in [-0.15, -0.1) is 0 Å². The molecule has 0 aliphatic heterocycles. The van der Waals surface area contributed by atoms with Gasteiger partial charge in [0.25, 0.3) is 0 Å². The van der Waals surface area contributed by atoms with Gasteiger partial charge in [-0.25, -0.2) is 12.8 Å². The average Bonchev–Trinajstić information content (AvgIpc) is 1.92. The van der Waals surface area contributed by atoms with E-state index in [1.165, 1.54) is 18.2 Å². The molecule has 0 N–H and O–H groups in total. The molecular formula is C7H5BrFO2S. The van der Waals surface area contributed by atoms with Crippen LogP contribution in [0.1, 0.15) is 0 Å². The van der Waals surface area contributed by atoms with Crippen molar-refractivity contribution in [2.24, 2.45) is 0 Å². The molecule has 12 heavy (non-hydrogen) atoms. The maximum absolute atomic E-state index is 12.8. The van der Waals surface area contributed by atoms with Crippen molar-refractivity contribution in [2.75, 3.05) is 0 Å². The number of rotatable bonds is 1. The first kappa shape index (κ1) is 9.67. The Bertz CT molecular complexity index is 400. The summed E-state index contributed by atoms with van der Waals surface area (Å²) in [5.74, 6) is -0.611. The molecule has 1 aromatic rings. The van der Waals surface area contributed by atoms with E-state index in [4.69, 9.17) is 0 Å². The summed E-state index contributed by atoms with van der Waals surface area (Å²) < 4.78 is 34.5. The van der Waals surface area contributed by atoms with Gasteiger partial charge in [0.2, 0.25) is 0 Å². The smallest absolute Gasteiger partial charge is 0.180 e. The number of hydrogen-bond acceptors (Lipinski definition) is 2. The summed E-state index contributed by atoms with van der Waals surface area (Å²) in [5, 5.41) is 0. The Kier molecular flexibility index (Phi) is 2.53. The van der Waals surface area contributed by atoms with Gasteiger partial charge in [-0.1, -0.05) is 6.07 Å². The number of halogens is 2. The second-order valence-electron chi connectivity index (χ2n) is 2.17. The van der Waals surface area contributed by atoms with E-state index >= 15 is 0 Å². The molecule has 0 fully saturated rings. The Hall–Kier alpha value is -0.420. The standard InChI is InChI=1S/C7H5BrFO2S/c1-12(10,11)6-4-2-3-5(9)7(6)8/h2-4H,1H2. The van der Waals surface area contributed by atoms with E-state index in [-0.39, 0.29) is 9.37 Å². The summed E-state index contributed by atoms with van der Waals surface area (Å²) in [7, 11) is -3.59. The molecule has 65 valence electrons. The van der Waals surface area contributed by atoms with Crippen LogP contribution >= 0.6 is 15.9 Å². The van der Waals surface area contributed by atoms with Crippen LogP contribution in [0.2, 0.25) is 0 Å². The van der Waals surface area contributed by atoms with Crippen molar-refractivity contribution < 1.29 is 12.8 Å². The lowest BCUT2D eigenvalue weighted by Crippen LogP contribution is -1.96. The van der Waals surface area contributed by atoms with Gasteiger partial charge in [0.1, 0.15) is 5.82 Å². The van der Waals surface area contributed by atoms with Crippen molar-refractivity contribution in [3.05, 3.63) is 34.7 Å². The highest BCUT2D eigenvalue weighted by Crippen LogP contribution is 2.24. The first-order chi connectivity index (χ1) is 5.43. The van der Waals surface area contributed by atoms with Crippen LogP contribution in [0.25, 0.3) is 0 Å². The molecule has 0 unspecified atom stereocenters. The van der Waals surface area contributed by atoms with E-state index in [9.17, 15) is 12.8 Å². The van der Waals surface area contributed by atoms with E-state index in [0.717, 1.165) is 0 Å². The Morgan fingerprint density at radius 1 is 1.42 bits per heavy atom. The van der Waals surface area contributed by atoms with Crippen LogP contribution in [0.15, 0.2) is 27.6 Å². The van der Waals surface area contributed by atoms with E-state index in [0.29, 0.717) is 0 Å². The molecule has 0 saturated carbocycles. The van der Waals surface area contributed by atoms with E-state index in [1.807, 2.05) is 0 Å². The summed E-state index contributed by atoms with van der Waals surface area (Å²) in [6.07, 6.45) is 2.92. The Morgan fingerprint density at radius 2 is 2.00 bits per heavy atom. The molecule has 1 aromatic carbocycles. The molecule has 5 heteroatoms. The predicted molar refractivity (Wildman–Crippen MR) is 46.6 cm³/mol. The summed E-state index contributed by atoms with van der Waals surface area (Å²) >= 11 is 2.82. The molecule has 0 amide bonds. The monoisotopic (exact) mass is 251 g/mol. The van der Waals surface area contributed by atoms with Crippen LogP contribution in [-0.4, -0.2) is 8.42 Å². The molecule has 0 bridgehead atoms. The first-order valence-electron chi connectivity index (χ1n) is 2.95. The summed E-state index contributed by atoms with van der Waals surface area (Å²) in [5.41, 5.74) is 0. The van der Waals surface area contributed by atoms with E-state index in [2.05, 4.69) is 22.2 Å². The normalized spacial score (nSPS) is 11.6. The third kappa shape index (κ3) is 1.84. The van der Waals surface area contributed by atoms with Gasteiger partial charge in [0.15, 0.2) is 9.84 Å².